The number of aryl methyl sites for hydroxylation is 1. The zero-order chi connectivity index (χ0) is 26.6. The van der Waals surface area contributed by atoms with Crippen molar-refractivity contribution in [2.75, 3.05) is 19.5 Å². The van der Waals surface area contributed by atoms with Gasteiger partial charge in [-0.2, -0.15) is 13.2 Å². The molecule has 0 aromatic heterocycles. The monoisotopic (exact) mass is 542 g/mol. The number of halogens is 5. The number of methoxy groups -OCH3 is 2. The molecule has 0 atom stereocenters. The van der Waals surface area contributed by atoms with Crippen molar-refractivity contribution in [2.45, 2.75) is 13.1 Å². The Morgan fingerprint density at radius 3 is 1.97 bits per heavy atom. The van der Waals surface area contributed by atoms with Gasteiger partial charge in [-0.1, -0.05) is 29.3 Å². The first-order valence-electron chi connectivity index (χ1n) is 10.1. The summed E-state index contributed by atoms with van der Waals surface area (Å²) in [6.45, 7) is 1.44. The van der Waals surface area contributed by atoms with E-state index in [-0.39, 0.29) is 49.9 Å². The van der Waals surface area contributed by atoms with E-state index in [0.29, 0.717) is 0 Å². The molecule has 7 nitrogen and oxygen atoms in total. The number of anilines is 1. The van der Waals surface area contributed by atoms with E-state index >= 15 is 0 Å². The second kappa shape index (κ2) is 11.0. The number of amides is 3. The van der Waals surface area contributed by atoms with Crippen LogP contribution in [0, 0.1) is 6.92 Å². The summed E-state index contributed by atoms with van der Waals surface area (Å²) in [5, 5.41) is 4.51. The molecule has 0 unspecified atom stereocenters. The molecule has 36 heavy (non-hydrogen) atoms. The van der Waals surface area contributed by atoms with Crippen LogP contribution in [0.3, 0.4) is 0 Å². The lowest BCUT2D eigenvalue weighted by Gasteiger charge is -2.15. The maximum absolute atomic E-state index is 12.9. The van der Waals surface area contributed by atoms with Crippen LogP contribution in [0.15, 0.2) is 48.5 Å². The Morgan fingerprint density at radius 1 is 0.889 bits per heavy atom. The van der Waals surface area contributed by atoms with Crippen LogP contribution in [0.5, 0.6) is 23.0 Å². The number of ether oxygens (including phenoxy) is 3. The number of imide groups is 1. The lowest BCUT2D eigenvalue weighted by Crippen LogP contribution is -2.34. The van der Waals surface area contributed by atoms with Gasteiger partial charge < -0.3 is 19.5 Å². The Kier molecular flexibility index (Phi) is 8.21. The quantitative estimate of drug-likeness (QED) is 0.347. The predicted octanol–water partition coefficient (Wildman–Crippen LogP) is 7.09. The first-order valence-corrected chi connectivity index (χ1v) is 10.9. The molecule has 0 bridgehead atoms. The largest absolute Gasteiger partial charge is 0.496 e. The smallest absolute Gasteiger partial charge is 0.416 e. The average molecular weight is 543 g/mol. The molecule has 0 radical (unpaired) electrons. The lowest BCUT2D eigenvalue weighted by molar-refractivity contribution is -0.137. The third kappa shape index (κ3) is 6.13. The predicted molar refractivity (Wildman–Crippen MR) is 129 cm³/mol. The number of nitrogens with one attached hydrogen (secondary N) is 2. The van der Waals surface area contributed by atoms with Crippen LogP contribution >= 0.6 is 23.2 Å². The highest BCUT2D eigenvalue weighted by Crippen LogP contribution is 2.41. The topological polar surface area (TPSA) is 85.9 Å². The molecular formula is C24H19Cl2F3N2O5. The Morgan fingerprint density at radius 2 is 1.47 bits per heavy atom. The number of carbonyl (C=O) groups is 2. The van der Waals surface area contributed by atoms with Crippen LogP contribution in [0.2, 0.25) is 10.0 Å². The molecule has 3 aromatic rings. The maximum Gasteiger partial charge on any atom is 0.416 e. The fraction of sp³-hybridized carbons (Fsp3) is 0.167. The van der Waals surface area contributed by atoms with E-state index in [2.05, 4.69) is 10.6 Å². The molecule has 2 N–H and O–H groups in total. The van der Waals surface area contributed by atoms with Gasteiger partial charge in [-0.3, -0.25) is 10.1 Å². The standard InChI is InChI=1S/C24H19Cl2F3N2O5/c1-12-9-13(24(27,28)29)7-8-17(12)36-21-15(25)10-14(11-16(21)26)30-23(33)31-22(32)20-18(34-2)5-4-6-19(20)35-3/h4-11H,1-3H3,(H2,30,31,32,33). The van der Waals surface area contributed by atoms with Gasteiger partial charge in [0, 0.05) is 5.69 Å². The molecule has 190 valence electrons. The normalized spacial score (nSPS) is 11.0. The van der Waals surface area contributed by atoms with Crippen LogP contribution in [-0.4, -0.2) is 26.2 Å². The third-order valence-electron chi connectivity index (χ3n) is 4.85. The fourth-order valence-corrected chi connectivity index (χ4v) is 3.75. The Bertz CT molecular complexity index is 1270. The van der Waals surface area contributed by atoms with Crippen molar-refractivity contribution in [3.8, 4) is 23.0 Å². The lowest BCUT2D eigenvalue weighted by atomic mass is 10.1. The molecular weight excluding hydrogens is 524 g/mol. The second-order valence-corrected chi connectivity index (χ2v) is 8.11. The molecule has 0 aliphatic carbocycles. The van der Waals surface area contributed by atoms with Crippen LogP contribution < -0.4 is 24.8 Å². The summed E-state index contributed by atoms with van der Waals surface area (Å²) in [7, 11) is 2.73. The van der Waals surface area contributed by atoms with Gasteiger partial charge >= 0.3 is 12.2 Å². The minimum atomic E-state index is -4.50. The van der Waals surface area contributed by atoms with Crippen molar-refractivity contribution in [3.63, 3.8) is 0 Å². The van der Waals surface area contributed by atoms with Gasteiger partial charge in [0.15, 0.2) is 5.75 Å². The molecule has 0 saturated carbocycles. The number of carbonyl (C=O) groups excluding carboxylic acids is 2. The van der Waals surface area contributed by atoms with E-state index in [4.69, 9.17) is 37.4 Å². The number of hydrogen-bond acceptors (Lipinski definition) is 5. The van der Waals surface area contributed by atoms with Crippen LogP contribution in [0.25, 0.3) is 0 Å². The van der Waals surface area contributed by atoms with Crippen molar-refractivity contribution in [1.29, 1.82) is 0 Å². The minimum Gasteiger partial charge on any atom is -0.496 e. The molecule has 3 amide bonds. The van der Waals surface area contributed by atoms with E-state index in [9.17, 15) is 22.8 Å². The maximum atomic E-state index is 12.9. The van der Waals surface area contributed by atoms with E-state index < -0.39 is 23.7 Å². The summed E-state index contributed by atoms with van der Waals surface area (Å²) in [5.41, 5.74) is -0.470. The zero-order valence-corrected chi connectivity index (χ0v) is 20.6. The molecule has 3 aromatic carbocycles. The summed E-state index contributed by atoms with van der Waals surface area (Å²) < 4.78 is 54.6. The molecule has 0 fully saturated rings. The van der Waals surface area contributed by atoms with Gasteiger partial charge in [0.25, 0.3) is 5.91 Å². The summed E-state index contributed by atoms with van der Waals surface area (Å²) >= 11 is 12.5. The summed E-state index contributed by atoms with van der Waals surface area (Å²) in [6, 6.07) is 9.36. The number of urea groups is 1. The summed E-state index contributed by atoms with van der Waals surface area (Å²) in [5.74, 6) is -0.295. The van der Waals surface area contributed by atoms with E-state index in [1.54, 1.807) is 6.07 Å². The average Bonchev–Trinajstić information content (AvgIpc) is 2.80. The first kappa shape index (κ1) is 27.0. The molecule has 3 rings (SSSR count). The van der Waals surface area contributed by atoms with Gasteiger partial charge in [-0.05, 0) is 55.0 Å². The van der Waals surface area contributed by atoms with Gasteiger partial charge in [-0.15, -0.1) is 0 Å². The van der Waals surface area contributed by atoms with Gasteiger partial charge in [0.05, 0.1) is 29.8 Å². The van der Waals surface area contributed by atoms with Crippen molar-refractivity contribution in [1.82, 2.24) is 5.32 Å². The molecule has 0 spiro atoms. The zero-order valence-electron chi connectivity index (χ0n) is 19.0. The first-order chi connectivity index (χ1) is 16.9. The number of hydrogen-bond donors (Lipinski definition) is 2. The van der Waals surface area contributed by atoms with E-state index in [1.165, 1.54) is 45.4 Å². The van der Waals surface area contributed by atoms with Gasteiger partial charge in [0.2, 0.25) is 0 Å². The highest BCUT2D eigenvalue weighted by Gasteiger charge is 2.31. The summed E-state index contributed by atoms with van der Waals surface area (Å²) in [4.78, 5) is 25.1. The SMILES string of the molecule is COc1cccc(OC)c1C(=O)NC(=O)Nc1cc(Cl)c(Oc2ccc(C(F)(F)F)cc2C)c(Cl)c1. The van der Waals surface area contributed by atoms with Crippen molar-refractivity contribution >= 4 is 40.8 Å². The van der Waals surface area contributed by atoms with Gasteiger partial charge in [0.1, 0.15) is 22.8 Å². The number of rotatable bonds is 6. The van der Waals surface area contributed by atoms with Crippen molar-refractivity contribution in [2.24, 2.45) is 0 Å². The Hall–Kier alpha value is -3.63. The Labute approximate surface area is 214 Å². The Balaban J connectivity index is 1.75. The third-order valence-corrected chi connectivity index (χ3v) is 5.41. The van der Waals surface area contributed by atoms with Crippen molar-refractivity contribution in [3.05, 3.63) is 75.3 Å². The molecule has 12 heteroatoms. The molecule has 0 aliphatic heterocycles. The van der Waals surface area contributed by atoms with E-state index in [1.807, 2.05) is 0 Å². The summed E-state index contributed by atoms with van der Waals surface area (Å²) in [6.07, 6.45) is -4.50. The van der Waals surface area contributed by atoms with Crippen molar-refractivity contribution < 1.29 is 37.0 Å². The van der Waals surface area contributed by atoms with Crippen LogP contribution in [-0.2, 0) is 6.18 Å². The van der Waals surface area contributed by atoms with Crippen LogP contribution in [0.4, 0.5) is 23.7 Å². The number of benzene rings is 3. The molecule has 0 heterocycles. The molecule has 0 aliphatic rings. The highest BCUT2D eigenvalue weighted by atomic mass is 35.5. The minimum absolute atomic E-state index is 0.0179. The number of alkyl halides is 3. The second-order valence-electron chi connectivity index (χ2n) is 7.29. The van der Waals surface area contributed by atoms with Crippen LogP contribution in [0.1, 0.15) is 21.5 Å². The fourth-order valence-electron chi connectivity index (χ4n) is 3.18. The highest BCUT2D eigenvalue weighted by molar-refractivity contribution is 6.37. The van der Waals surface area contributed by atoms with E-state index in [0.717, 1.165) is 18.2 Å². The van der Waals surface area contributed by atoms with Gasteiger partial charge in [-0.25, -0.2) is 4.79 Å². The molecule has 0 saturated heterocycles.